The van der Waals surface area contributed by atoms with Gasteiger partial charge in [0.05, 0.1) is 22.9 Å². The minimum atomic E-state index is 0.828. The summed E-state index contributed by atoms with van der Waals surface area (Å²) in [5, 5.41) is 3.51. The molecule has 2 aromatic rings. The molecule has 0 atom stereocenters. The second-order valence-corrected chi connectivity index (χ2v) is 5.13. The van der Waals surface area contributed by atoms with Crippen molar-refractivity contribution in [3.8, 4) is 0 Å². The Morgan fingerprint density at radius 2 is 1.89 bits per heavy atom. The SMILES string of the molecule is c1ccc2nc(CNCC3CCCC3)cnc2c1. The van der Waals surface area contributed by atoms with Crippen molar-refractivity contribution in [1.82, 2.24) is 15.3 Å². The molecule has 1 fully saturated rings. The first-order valence-corrected chi connectivity index (χ1v) is 6.83. The highest BCUT2D eigenvalue weighted by atomic mass is 14.9. The minimum absolute atomic E-state index is 0.828. The molecule has 1 aliphatic rings. The van der Waals surface area contributed by atoms with Crippen LogP contribution in [-0.2, 0) is 6.54 Å². The normalized spacial score (nSPS) is 16.4. The van der Waals surface area contributed by atoms with Crippen LogP contribution in [0.15, 0.2) is 30.5 Å². The van der Waals surface area contributed by atoms with Gasteiger partial charge in [-0.1, -0.05) is 25.0 Å². The average molecular weight is 241 g/mol. The van der Waals surface area contributed by atoms with Crippen molar-refractivity contribution in [3.05, 3.63) is 36.2 Å². The quantitative estimate of drug-likeness (QED) is 0.894. The molecule has 18 heavy (non-hydrogen) atoms. The first kappa shape index (κ1) is 11.6. The Hall–Kier alpha value is -1.48. The molecular formula is C15H19N3. The van der Waals surface area contributed by atoms with E-state index in [0.717, 1.165) is 35.7 Å². The molecule has 1 saturated carbocycles. The molecule has 0 radical (unpaired) electrons. The smallest absolute Gasteiger partial charge is 0.0890 e. The van der Waals surface area contributed by atoms with E-state index in [2.05, 4.69) is 15.3 Å². The Balaban J connectivity index is 1.60. The lowest BCUT2D eigenvalue weighted by Gasteiger charge is -2.10. The molecule has 0 aliphatic heterocycles. The van der Waals surface area contributed by atoms with Gasteiger partial charge in [-0.05, 0) is 37.4 Å². The van der Waals surface area contributed by atoms with E-state index in [1.54, 1.807) is 0 Å². The first-order chi connectivity index (χ1) is 8.92. The molecule has 1 aromatic carbocycles. The van der Waals surface area contributed by atoms with Crippen LogP contribution in [0.4, 0.5) is 0 Å². The number of nitrogens with zero attached hydrogens (tertiary/aromatic N) is 2. The largest absolute Gasteiger partial charge is 0.311 e. The summed E-state index contributed by atoms with van der Waals surface area (Å²) in [6.45, 7) is 1.95. The lowest BCUT2D eigenvalue weighted by atomic mass is 10.1. The second-order valence-electron chi connectivity index (χ2n) is 5.13. The molecule has 3 rings (SSSR count). The second kappa shape index (κ2) is 5.44. The lowest BCUT2D eigenvalue weighted by molar-refractivity contribution is 0.487. The van der Waals surface area contributed by atoms with Gasteiger partial charge in [0.15, 0.2) is 0 Å². The molecule has 1 N–H and O–H groups in total. The van der Waals surface area contributed by atoms with Gasteiger partial charge < -0.3 is 5.32 Å². The number of fused-ring (bicyclic) bond motifs is 1. The lowest BCUT2D eigenvalue weighted by Crippen LogP contribution is -2.21. The van der Waals surface area contributed by atoms with Gasteiger partial charge in [0, 0.05) is 6.54 Å². The van der Waals surface area contributed by atoms with Gasteiger partial charge in [0.25, 0.3) is 0 Å². The monoisotopic (exact) mass is 241 g/mol. The van der Waals surface area contributed by atoms with Gasteiger partial charge in [-0.15, -0.1) is 0 Å². The van der Waals surface area contributed by atoms with Gasteiger partial charge in [-0.2, -0.15) is 0 Å². The zero-order valence-corrected chi connectivity index (χ0v) is 10.6. The summed E-state index contributed by atoms with van der Waals surface area (Å²) in [6, 6.07) is 8.02. The topological polar surface area (TPSA) is 37.8 Å². The third-order valence-electron chi connectivity index (χ3n) is 3.71. The maximum Gasteiger partial charge on any atom is 0.0890 e. The van der Waals surface area contributed by atoms with Crippen LogP contribution in [-0.4, -0.2) is 16.5 Å². The number of para-hydroxylation sites is 2. The molecule has 0 spiro atoms. The molecule has 0 unspecified atom stereocenters. The third-order valence-corrected chi connectivity index (χ3v) is 3.71. The number of benzene rings is 1. The van der Waals surface area contributed by atoms with Crippen LogP contribution in [0.3, 0.4) is 0 Å². The van der Waals surface area contributed by atoms with Gasteiger partial charge in [0.2, 0.25) is 0 Å². The highest BCUT2D eigenvalue weighted by Gasteiger charge is 2.14. The molecule has 3 nitrogen and oxygen atoms in total. The fourth-order valence-electron chi connectivity index (χ4n) is 2.70. The predicted molar refractivity (Wildman–Crippen MR) is 73.2 cm³/mol. The van der Waals surface area contributed by atoms with E-state index in [1.807, 2.05) is 30.5 Å². The first-order valence-electron chi connectivity index (χ1n) is 6.83. The van der Waals surface area contributed by atoms with Gasteiger partial charge in [-0.25, -0.2) is 4.98 Å². The Morgan fingerprint density at radius 3 is 2.72 bits per heavy atom. The van der Waals surface area contributed by atoms with E-state index in [4.69, 9.17) is 0 Å². The Kier molecular flexibility index (Phi) is 3.51. The van der Waals surface area contributed by atoms with E-state index in [1.165, 1.54) is 25.7 Å². The van der Waals surface area contributed by atoms with E-state index >= 15 is 0 Å². The van der Waals surface area contributed by atoms with Crippen molar-refractivity contribution in [1.29, 1.82) is 0 Å². The van der Waals surface area contributed by atoms with Crippen LogP contribution in [0.2, 0.25) is 0 Å². The summed E-state index contributed by atoms with van der Waals surface area (Å²) < 4.78 is 0. The molecular weight excluding hydrogens is 222 g/mol. The Bertz CT molecular complexity index is 518. The van der Waals surface area contributed by atoms with Crippen molar-refractivity contribution < 1.29 is 0 Å². The minimum Gasteiger partial charge on any atom is -0.311 e. The van der Waals surface area contributed by atoms with Crippen molar-refractivity contribution in [2.45, 2.75) is 32.2 Å². The van der Waals surface area contributed by atoms with Crippen LogP contribution < -0.4 is 5.32 Å². The molecule has 94 valence electrons. The van der Waals surface area contributed by atoms with Crippen molar-refractivity contribution in [3.63, 3.8) is 0 Å². The van der Waals surface area contributed by atoms with Crippen LogP contribution in [0, 0.1) is 5.92 Å². The Labute approximate surface area is 108 Å². The fourth-order valence-corrected chi connectivity index (χ4v) is 2.70. The maximum atomic E-state index is 4.61. The van der Waals surface area contributed by atoms with Gasteiger partial charge in [0.1, 0.15) is 0 Å². The van der Waals surface area contributed by atoms with Gasteiger partial charge in [-0.3, -0.25) is 4.98 Å². The number of rotatable bonds is 4. The van der Waals surface area contributed by atoms with Crippen LogP contribution in [0.25, 0.3) is 11.0 Å². The fraction of sp³-hybridized carbons (Fsp3) is 0.467. The highest BCUT2D eigenvalue weighted by molar-refractivity contribution is 5.73. The van der Waals surface area contributed by atoms with Crippen molar-refractivity contribution in [2.75, 3.05) is 6.54 Å². The van der Waals surface area contributed by atoms with E-state index in [0.29, 0.717) is 0 Å². The molecule has 1 aromatic heterocycles. The summed E-state index contributed by atoms with van der Waals surface area (Å²) in [4.78, 5) is 9.04. The summed E-state index contributed by atoms with van der Waals surface area (Å²) in [5.74, 6) is 0.874. The molecule has 1 heterocycles. The molecule has 0 saturated heterocycles. The number of aromatic nitrogens is 2. The number of hydrogen-bond donors (Lipinski definition) is 1. The predicted octanol–water partition coefficient (Wildman–Crippen LogP) is 2.91. The summed E-state index contributed by atoms with van der Waals surface area (Å²) in [5.41, 5.74) is 2.99. The summed E-state index contributed by atoms with van der Waals surface area (Å²) in [6.07, 6.45) is 7.46. The zero-order chi connectivity index (χ0) is 12.2. The summed E-state index contributed by atoms with van der Waals surface area (Å²) >= 11 is 0. The van der Waals surface area contributed by atoms with E-state index in [-0.39, 0.29) is 0 Å². The standard InChI is InChI=1S/C15H19N3/c1-2-6-12(5-1)9-16-10-13-11-17-14-7-3-4-8-15(14)18-13/h3-4,7-8,11-12,16H,1-2,5-6,9-10H2. The number of nitrogens with one attached hydrogen (secondary N) is 1. The van der Waals surface area contributed by atoms with Gasteiger partial charge >= 0.3 is 0 Å². The molecule has 3 heteroatoms. The molecule has 0 bridgehead atoms. The number of hydrogen-bond acceptors (Lipinski definition) is 3. The average Bonchev–Trinajstić information content (AvgIpc) is 2.92. The zero-order valence-electron chi connectivity index (χ0n) is 10.6. The van der Waals surface area contributed by atoms with E-state index < -0.39 is 0 Å². The van der Waals surface area contributed by atoms with Crippen LogP contribution in [0.1, 0.15) is 31.4 Å². The van der Waals surface area contributed by atoms with Crippen LogP contribution >= 0.6 is 0 Å². The summed E-state index contributed by atoms with van der Waals surface area (Å²) in [7, 11) is 0. The molecule has 1 aliphatic carbocycles. The van der Waals surface area contributed by atoms with E-state index in [9.17, 15) is 0 Å². The van der Waals surface area contributed by atoms with Crippen LogP contribution in [0.5, 0.6) is 0 Å². The Morgan fingerprint density at radius 1 is 1.11 bits per heavy atom. The van der Waals surface area contributed by atoms with Crippen molar-refractivity contribution in [2.24, 2.45) is 5.92 Å². The molecule has 0 amide bonds. The third kappa shape index (κ3) is 2.67. The maximum absolute atomic E-state index is 4.61. The highest BCUT2D eigenvalue weighted by Crippen LogP contribution is 2.23. The van der Waals surface area contributed by atoms with Crippen molar-refractivity contribution >= 4 is 11.0 Å².